The van der Waals surface area contributed by atoms with Crippen molar-refractivity contribution >= 4 is 47.8 Å². The number of hydrogen-bond acceptors (Lipinski definition) is 2. The van der Waals surface area contributed by atoms with Crippen molar-refractivity contribution in [2.75, 3.05) is 11.5 Å². The second-order valence-electron chi connectivity index (χ2n) is 4.04. The minimum Gasteiger partial charge on any atom is -0.399 e. The molecule has 2 aromatic carbocycles. The standard InChI is InChI=1S/C13H10ClF3N2.2ClH/c14-11-3-1-7(5-10(11)13(15,16)17)9-6-8(18)2-4-12(9)19;;/h1-6H,18-19H2;2*1H. The summed E-state index contributed by atoms with van der Waals surface area (Å²) in [5, 5.41) is -0.348. The summed E-state index contributed by atoms with van der Waals surface area (Å²) in [6, 6.07) is 8.29. The van der Waals surface area contributed by atoms with Crippen LogP contribution >= 0.6 is 36.4 Å². The maximum atomic E-state index is 12.8. The highest BCUT2D eigenvalue weighted by Gasteiger charge is 2.33. The van der Waals surface area contributed by atoms with E-state index in [1.54, 1.807) is 12.1 Å². The molecule has 0 bridgehead atoms. The first-order valence-electron chi connectivity index (χ1n) is 5.31. The monoisotopic (exact) mass is 358 g/mol. The Labute approximate surface area is 137 Å². The van der Waals surface area contributed by atoms with Gasteiger partial charge < -0.3 is 11.5 Å². The SMILES string of the molecule is Cl.Cl.Nc1ccc(N)c(-c2ccc(Cl)c(C(F)(F)F)c2)c1. The Balaban J connectivity index is 0.00000200. The molecule has 2 aromatic rings. The third-order valence-corrected chi connectivity index (χ3v) is 2.99. The van der Waals surface area contributed by atoms with E-state index in [0.717, 1.165) is 6.07 Å². The number of nitrogens with two attached hydrogens (primary N) is 2. The highest BCUT2D eigenvalue weighted by molar-refractivity contribution is 6.31. The van der Waals surface area contributed by atoms with E-state index in [1.807, 2.05) is 0 Å². The number of anilines is 2. The molecule has 0 atom stereocenters. The summed E-state index contributed by atoms with van der Waals surface area (Å²) in [5.41, 5.74) is 12.0. The molecule has 0 saturated carbocycles. The van der Waals surface area contributed by atoms with E-state index in [2.05, 4.69) is 0 Å². The van der Waals surface area contributed by atoms with Crippen LogP contribution in [0.1, 0.15) is 5.56 Å². The third-order valence-electron chi connectivity index (χ3n) is 2.66. The van der Waals surface area contributed by atoms with Crippen molar-refractivity contribution in [3.63, 3.8) is 0 Å². The Morgan fingerprint density at radius 1 is 0.905 bits per heavy atom. The molecule has 0 spiro atoms. The van der Waals surface area contributed by atoms with Crippen molar-refractivity contribution in [1.82, 2.24) is 0 Å². The summed E-state index contributed by atoms with van der Waals surface area (Å²) in [5.74, 6) is 0. The van der Waals surface area contributed by atoms with Gasteiger partial charge in [-0.15, -0.1) is 24.8 Å². The van der Waals surface area contributed by atoms with Gasteiger partial charge in [-0.2, -0.15) is 13.2 Å². The lowest BCUT2D eigenvalue weighted by molar-refractivity contribution is -0.137. The molecule has 0 radical (unpaired) electrons. The Bertz CT molecular complexity index is 631. The Morgan fingerprint density at radius 2 is 1.52 bits per heavy atom. The topological polar surface area (TPSA) is 52.0 Å². The molecule has 116 valence electrons. The van der Waals surface area contributed by atoms with Gasteiger partial charge in [0.1, 0.15) is 0 Å². The van der Waals surface area contributed by atoms with E-state index in [4.69, 9.17) is 23.1 Å². The van der Waals surface area contributed by atoms with Crippen molar-refractivity contribution in [2.24, 2.45) is 0 Å². The number of alkyl halides is 3. The number of rotatable bonds is 1. The van der Waals surface area contributed by atoms with E-state index in [1.165, 1.54) is 18.2 Å². The largest absolute Gasteiger partial charge is 0.417 e. The zero-order valence-electron chi connectivity index (χ0n) is 10.4. The van der Waals surface area contributed by atoms with Gasteiger partial charge in [0.05, 0.1) is 10.6 Å². The molecular weight excluding hydrogens is 348 g/mol. The van der Waals surface area contributed by atoms with Gasteiger partial charge in [0.25, 0.3) is 0 Å². The van der Waals surface area contributed by atoms with Crippen LogP contribution in [0.25, 0.3) is 11.1 Å². The minimum atomic E-state index is -4.51. The van der Waals surface area contributed by atoms with E-state index >= 15 is 0 Å². The molecular formula is C13H12Cl3F3N2. The zero-order chi connectivity index (χ0) is 14.2. The van der Waals surface area contributed by atoms with Gasteiger partial charge in [0.15, 0.2) is 0 Å². The van der Waals surface area contributed by atoms with Crippen LogP contribution in [-0.2, 0) is 6.18 Å². The molecule has 4 N–H and O–H groups in total. The molecule has 0 saturated heterocycles. The van der Waals surface area contributed by atoms with Crippen LogP contribution in [0.2, 0.25) is 5.02 Å². The fourth-order valence-corrected chi connectivity index (χ4v) is 1.96. The van der Waals surface area contributed by atoms with Gasteiger partial charge in [0, 0.05) is 16.9 Å². The summed E-state index contributed by atoms with van der Waals surface area (Å²) in [6.07, 6.45) is -4.51. The third kappa shape index (κ3) is 4.33. The first-order valence-corrected chi connectivity index (χ1v) is 5.69. The lowest BCUT2D eigenvalue weighted by atomic mass is 10.0. The predicted molar refractivity (Wildman–Crippen MR) is 85.2 cm³/mol. The first-order chi connectivity index (χ1) is 8.79. The first kappa shape index (κ1) is 19.7. The van der Waals surface area contributed by atoms with Gasteiger partial charge in [-0.1, -0.05) is 17.7 Å². The van der Waals surface area contributed by atoms with Crippen molar-refractivity contribution < 1.29 is 13.2 Å². The molecule has 21 heavy (non-hydrogen) atoms. The minimum absolute atomic E-state index is 0. The molecule has 0 heterocycles. The molecule has 0 aromatic heterocycles. The average Bonchev–Trinajstić information content (AvgIpc) is 2.31. The quantitative estimate of drug-likeness (QED) is 0.701. The van der Waals surface area contributed by atoms with Gasteiger partial charge in [-0.3, -0.25) is 0 Å². The maximum absolute atomic E-state index is 12.8. The summed E-state index contributed by atoms with van der Waals surface area (Å²) in [7, 11) is 0. The number of halogens is 6. The van der Waals surface area contributed by atoms with E-state index in [9.17, 15) is 13.2 Å². The summed E-state index contributed by atoms with van der Waals surface area (Å²) >= 11 is 5.56. The lowest BCUT2D eigenvalue weighted by Crippen LogP contribution is -2.06. The second-order valence-corrected chi connectivity index (χ2v) is 4.45. The highest BCUT2D eigenvalue weighted by Crippen LogP contribution is 2.38. The molecule has 0 aliphatic rings. The maximum Gasteiger partial charge on any atom is 0.417 e. The van der Waals surface area contributed by atoms with Crippen LogP contribution in [0.5, 0.6) is 0 Å². The van der Waals surface area contributed by atoms with E-state index in [0.29, 0.717) is 22.5 Å². The van der Waals surface area contributed by atoms with Crippen molar-refractivity contribution in [1.29, 1.82) is 0 Å². The van der Waals surface area contributed by atoms with Gasteiger partial charge in [-0.25, -0.2) is 0 Å². The van der Waals surface area contributed by atoms with Crippen molar-refractivity contribution in [3.8, 4) is 11.1 Å². The van der Waals surface area contributed by atoms with Crippen LogP contribution < -0.4 is 11.5 Å². The number of hydrogen-bond donors (Lipinski definition) is 2. The van der Waals surface area contributed by atoms with Crippen LogP contribution in [-0.4, -0.2) is 0 Å². The van der Waals surface area contributed by atoms with Gasteiger partial charge in [0.2, 0.25) is 0 Å². The molecule has 0 aliphatic heterocycles. The average molecular weight is 360 g/mol. The molecule has 0 amide bonds. The number of benzene rings is 2. The summed E-state index contributed by atoms with van der Waals surface area (Å²) in [6.45, 7) is 0. The lowest BCUT2D eigenvalue weighted by Gasteiger charge is -2.12. The van der Waals surface area contributed by atoms with Crippen molar-refractivity contribution in [2.45, 2.75) is 6.18 Å². The van der Waals surface area contributed by atoms with Crippen LogP contribution in [0.4, 0.5) is 24.5 Å². The molecule has 2 rings (SSSR count). The highest BCUT2D eigenvalue weighted by atomic mass is 35.5. The Morgan fingerprint density at radius 3 is 2.10 bits per heavy atom. The van der Waals surface area contributed by atoms with Gasteiger partial charge in [-0.05, 0) is 35.9 Å². The smallest absolute Gasteiger partial charge is 0.399 e. The fraction of sp³-hybridized carbons (Fsp3) is 0.0769. The molecule has 8 heteroatoms. The molecule has 2 nitrogen and oxygen atoms in total. The molecule has 0 unspecified atom stereocenters. The molecule has 0 fully saturated rings. The summed E-state index contributed by atoms with van der Waals surface area (Å²) in [4.78, 5) is 0. The number of nitrogen functional groups attached to an aromatic ring is 2. The van der Waals surface area contributed by atoms with Crippen molar-refractivity contribution in [3.05, 3.63) is 47.0 Å². The second kappa shape index (κ2) is 7.11. The van der Waals surface area contributed by atoms with E-state index in [-0.39, 0.29) is 29.8 Å². The predicted octanol–water partition coefficient (Wildman–Crippen LogP) is 5.03. The fourth-order valence-electron chi connectivity index (χ4n) is 1.73. The van der Waals surface area contributed by atoms with Crippen LogP contribution in [0.3, 0.4) is 0 Å². The van der Waals surface area contributed by atoms with E-state index < -0.39 is 11.7 Å². The summed E-state index contributed by atoms with van der Waals surface area (Å²) < 4.78 is 38.4. The normalized spacial score (nSPS) is 10.5. The van der Waals surface area contributed by atoms with Crippen LogP contribution in [0.15, 0.2) is 36.4 Å². The molecule has 0 aliphatic carbocycles. The van der Waals surface area contributed by atoms with Gasteiger partial charge >= 0.3 is 6.18 Å². The Hall–Kier alpha value is -1.30. The zero-order valence-corrected chi connectivity index (χ0v) is 12.8. The van der Waals surface area contributed by atoms with Crippen LogP contribution in [0, 0.1) is 0 Å². The Kier molecular flexibility index (Phi) is 6.67.